The van der Waals surface area contributed by atoms with Crippen molar-refractivity contribution in [3.63, 3.8) is 0 Å². The molecular formula is C18H22N4O. The number of hydrogen-bond donors (Lipinski definition) is 1. The van der Waals surface area contributed by atoms with Crippen LogP contribution in [0.25, 0.3) is 0 Å². The van der Waals surface area contributed by atoms with E-state index < -0.39 is 0 Å². The van der Waals surface area contributed by atoms with Gasteiger partial charge in [-0.25, -0.2) is 9.97 Å². The molecule has 23 heavy (non-hydrogen) atoms. The minimum absolute atomic E-state index is 0.0817. The lowest BCUT2D eigenvalue weighted by Gasteiger charge is -2.23. The van der Waals surface area contributed by atoms with Gasteiger partial charge in [-0.3, -0.25) is 4.79 Å². The SMILES string of the molecule is CC1Cc2ccccc2N1C(=O)c1ccnc(NC(C)(C)C)n1. The van der Waals surface area contributed by atoms with Gasteiger partial charge in [-0.15, -0.1) is 0 Å². The Morgan fingerprint density at radius 2 is 2.00 bits per heavy atom. The summed E-state index contributed by atoms with van der Waals surface area (Å²) < 4.78 is 0. The monoisotopic (exact) mass is 310 g/mol. The minimum atomic E-state index is -0.158. The summed E-state index contributed by atoms with van der Waals surface area (Å²) in [4.78, 5) is 23.4. The number of carbonyl (C=O) groups excluding carboxylic acids is 1. The van der Waals surface area contributed by atoms with Crippen molar-refractivity contribution < 1.29 is 4.79 Å². The van der Waals surface area contributed by atoms with Crippen LogP contribution < -0.4 is 10.2 Å². The molecular weight excluding hydrogens is 288 g/mol. The number of nitrogens with one attached hydrogen (secondary N) is 1. The third kappa shape index (κ3) is 3.18. The molecule has 1 atom stereocenters. The molecule has 1 N–H and O–H groups in total. The topological polar surface area (TPSA) is 58.1 Å². The van der Waals surface area contributed by atoms with Gasteiger partial charge in [-0.05, 0) is 51.8 Å². The number of fused-ring (bicyclic) bond motifs is 1. The second-order valence-corrected chi connectivity index (χ2v) is 7.00. The molecule has 1 aliphatic rings. The molecule has 0 saturated carbocycles. The minimum Gasteiger partial charge on any atom is -0.350 e. The van der Waals surface area contributed by atoms with E-state index in [-0.39, 0.29) is 17.5 Å². The van der Waals surface area contributed by atoms with Crippen LogP contribution in [0.15, 0.2) is 36.5 Å². The Morgan fingerprint density at radius 3 is 2.74 bits per heavy atom. The third-order valence-electron chi connectivity index (χ3n) is 3.79. The summed E-state index contributed by atoms with van der Waals surface area (Å²) in [5, 5.41) is 3.20. The van der Waals surface area contributed by atoms with Crippen LogP contribution in [0.4, 0.5) is 11.6 Å². The summed E-state index contributed by atoms with van der Waals surface area (Å²) in [7, 11) is 0. The number of anilines is 2. The highest BCUT2D eigenvalue weighted by Gasteiger charge is 2.32. The second kappa shape index (κ2) is 5.65. The van der Waals surface area contributed by atoms with Crippen molar-refractivity contribution >= 4 is 17.5 Å². The standard InChI is InChI=1S/C18H22N4O/c1-12-11-13-7-5-6-8-15(13)22(12)16(23)14-9-10-19-17(20-14)21-18(2,3)4/h5-10,12H,11H2,1-4H3,(H,19,20,21). The first kappa shape index (κ1) is 15.5. The van der Waals surface area contributed by atoms with Gasteiger partial charge in [0.05, 0.1) is 0 Å². The maximum absolute atomic E-state index is 12.9. The molecule has 0 radical (unpaired) electrons. The average Bonchev–Trinajstić information content (AvgIpc) is 2.81. The highest BCUT2D eigenvalue weighted by molar-refractivity contribution is 6.06. The molecule has 3 rings (SSSR count). The van der Waals surface area contributed by atoms with Crippen molar-refractivity contribution in [1.29, 1.82) is 0 Å². The molecule has 1 aliphatic heterocycles. The van der Waals surface area contributed by atoms with E-state index in [1.54, 1.807) is 12.3 Å². The molecule has 0 aliphatic carbocycles. The zero-order chi connectivity index (χ0) is 16.6. The lowest BCUT2D eigenvalue weighted by Crippen LogP contribution is -2.36. The fourth-order valence-corrected chi connectivity index (χ4v) is 2.87. The molecule has 2 aromatic rings. The number of benzene rings is 1. The number of nitrogens with zero attached hydrogens (tertiary/aromatic N) is 3. The lowest BCUT2D eigenvalue weighted by molar-refractivity contribution is 0.0976. The molecule has 120 valence electrons. The number of aromatic nitrogens is 2. The fourth-order valence-electron chi connectivity index (χ4n) is 2.87. The fraction of sp³-hybridized carbons (Fsp3) is 0.389. The van der Waals surface area contributed by atoms with Crippen LogP contribution in [-0.4, -0.2) is 27.5 Å². The first-order valence-corrected chi connectivity index (χ1v) is 7.88. The number of para-hydroxylation sites is 1. The molecule has 5 nitrogen and oxygen atoms in total. The molecule has 0 saturated heterocycles. The van der Waals surface area contributed by atoms with Gasteiger partial charge < -0.3 is 10.2 Å². The van der Waals surface area contributed by atoms with E-state index in [0.29, 0.717) is 11.6 Å². The van der Waals surface area contributed by atoms with Gasteiger partial charge in [-0.1, -0.05) is 18.2 Å². The van der Waals surface area contributed by atoms with Crippen molar-refractivity contribution in [2.75, 3.05) is 10.2 Å². The second-order valence-electron chi connectivity index (χ2n) is 7.00. The summed E-state index contributed by atoms with van der Waals surface area (Å²) in [5.74, 6) is 0.394. The van der Waals surface area contributed by atoms with Crippen LogP contribution in [0.3, 0.4) is 0 Å². The molecule has 2 heterocycles. The number of carbonyl (C=O) groups is 1. The van der Waals surface area contributed by atoms with Crippen molar-refractivity contribution in [3.8, 4) is 0 Å². The van der Waals surface area contributed by atoms with Crippen molar-refractivity contribution in [2.24, 2.45) is 0 Å². The summed E-state index contributed by atoms with van der Waals surface area (Å²) in [6.07, 6.45) is 2.50. The predicted octanol–water partition coefficient (Wildman–Crippen LogP) is 3.28. The molecule has 5 heteroatoms. The van der Waals surface area contributed by atoms with Crippen molar-refractivity contribution in [3.05, 3.63) is 47.8 Å². The Balaban J connectivity index is 1.91. The average molecular weight is 310 g/mol. The van der Waals surface area contributed by atoms with Gasteiger partial charge in [0.25, 0.3) is 5.91 Å². The third-order valence-corrected chi connectivity index (χ3v) is 3.79. The Hall–Kier alpha value is -2.43. The van der Waals surface area contributed by atoms with Crippen molar-refractivity contribution in [1.82, 2.24) is 9.97 Å². The van der Waals surface area contributed by atoms with Crippen LogP contribution in [0, 0.1) is 0 Å². The van der Waals surface area contributed by atoms with E-state index in [1.807, 2.05) is 43.9 Å². The van der Waals surface area contributed by atoms with Crippen LogP contribution in [-0.2, 0) is 6.42 Å². The summed E-state index contributed by atoms with van der Waals surface area (Å²) in [6, 6.07) is 9.84. The van der Waals surface area contributed by atoms with E-state index in [1.165, 1.54) is 5.56 Å². The van der Waals surface area contributed by atoms with Gasteiger partial charge in [0.1, 0.15) is 5.69 Å². The summed E-state index contributed by atoms with van der Waals surface area (Å²) >= 11 is 0. The number of amides is 1. The molecule has 0 fully saturated rings. The Kier molecular flexibility index (Phi) is 3.80. The predicted molar refractivity (Wildman–Crippen MR) is 91.8 cm³/mol. The van der Waals surface area contributed by atoms with E-state index in [2.05, 4.69) is 28.3 Å². The molecule has 0 bridgehead atoms. The van der Waals surface area contributed by atoms with E-state index in [9.17, 15) is 4.79 Å². The van der Waals surface area contributed by atoms with Gasteiger partial charge in [0.15, 0.2) is 0 Å². The van der Waals surface area contributed by atoms with Gasteiger partial charge in [0.2, 0.25) is 5.95 Å². The zero-order valence-electron chi connectivity index (χ0n) is 14.0. The Morgan fingerprint density at radius 1 is 1.26 bits per heavy atom. The maximum atomic E-state index is 12.9. The van der Waals surface area contributed by atoms with Crippen LogP contribution >= 0.6 is 0 Å². The molecule has 1 aromatic heterocycles. The zero-order valence-corrected chi connectivity index (χ0v) is 14.0. The van der Waals surface area contributed by atoms with Crippen LogP contribution in [0.1, 0.15) is 43.7 Å². The van der Waals surface area contributed by atoms with Gasteiger partial charge >= 0.3 is 0 Å². The van der Waals surface area contributed by atoms with E-state index >= 15 is 0 Å². The quantitative estimate of drug-likeness (QED) is 0.925. The van der Waals surface area contributed by atoms with Gasteiger partial charge in [-0.2, -0.15) is 0 Å². The number of rotatable bonds is 2. The lowest BCUT2D eigenvalue weighted by atomic mass is 10.1. The largest absolute Gasteiger partial charge is 0.350 e. The highest BCUT2D eigenvalue weighted by atomic mass is 16.2. The Labute approximate surface area is 136 Å². The smallest absolute Gasteiger partial charge is 0.277 e. The van der Waals surface area contributed by atoms with E-state index in [4.69, 9.17) is 0 Å². The normalized spacial score (nSPS) is 17.0. The Bertz CT molecular complexity index is 736. The molecule has 0 spiro atoms. The van der Waals surface area contributed by atoms with Gasteiger partial charge in [0, 0.05) is 23.5 Å². The summed E-state index contributed by atoms with van der Waals surface area (Å²) in [6.45, 7) is 8.16. The van der Waals surface area contributed by atoms with E-state index in [0.717, 1.165) is 12.1 Å². The molecule has 1 unspecified atom stereocenters. The first-order valence-electron chi connectivity index (χ1n) is 7.88. The summed E-state index contributed by atoms with van der Waals surface area (Å²) in [5.41, 5.74) is 2.44. The number of hydrogen-bond acceptors (Lipinski definition) is 4. The van der Waals surface area contributed by atoms with Crippen molar-refractivity contribution in [2.45, 2.75) is 45.7 Å². The maximum Gasteiger partial charge on any atom is 0.277 e. The molecule has 1 aromatic carbocycles. The first-order chi connectivity index (χ1) is 10.8. The van der Waals surface area contributed by atoms with Crippen LogP contribution in [0.5, 0.6) is 0 Å². The highest BCUT2D eigenvalue weighted by Crippen LogP contribution is 2.32. The molecule has 1 amide bonds. The van der Waals surface area contributed by atoms with Crippen LogP contribution in [0.2, 0.25) is 0 Å².